The van der Waals surface area contributed by atoms with Gasteiger partial charge in [0, 0.05) is 12.4 Å². The van der Waals surface area contributed by atoms with Gasteiger partial charge in [0.05, 0.1) is 12.5 Å². The van der Waals surface area contributed by atoms with E-state index in [1.165, 1.54) is 12.3 Å². The molecule has 0 aliphatic heterocycles. The number of aliphatic hydroxyl groups is 1. The first kappa shape index (κ1) is 18.5. The van der Waals surface area contributed by atoms with E-state index >= 15 is 0 Å². The quantitative estimate of drug-likeness (QED) is 0.546. The van der Waals surface area contributed by atoms with Crippen LogP contribution < -0.4 is 0 Å². The van der Waals surface area contributed by atoms with Gasteiger partial charge in [0.1, 0.15) is 11.5 Å². The van der Waals surface area contributed by atoms with E-state index in [1.807, 2.05) is 6.92 Å². The predicted octanol–water partition coefficient (Wildman–Crippen LogP) is 1.38. The lowest BCUT2D eigenvalue weighted by atomic mass is 9.88. The first-order valence-corrected chi connectivity index (χ1v) is 8.44. The number of pyridine rings is 1. The van der Waals surface area contributed by atoms with Crippen molar-refractivity contribution in [2.75, 3.05) is 13.2 Å². The number of carbonyl (C=O) groups is 1. The number of carbonyl (C=O) groups excluding carboxylic acids is 1. The Balaban J connectivity index is 2.96. The van der Waals surface area contributed by atoms with Crippen LogP contribution in [0.3, 0.4) is 0 Å². The van der Waals surface area contributed by atoms with Gasteiger partial charge in [-0.15, -0.1) is 0 Å². The lowest BCUT2D eigenvalue weighted by Gasteiger charge is -2.20. The smallest absolute Gasteiger partial charge is 0.308 e. The summed E-state index contributed by atoms with van der Waals surface area (Å²) in [5, 5.41) is 8.65. The van der Waals surface area contributed by atoms with Gasteiger partial charge in [0.15, 0.2) is 0 Å². The molecule has 0 aromatic carbocycles. The van der Waals surface area contributed by atoms with Crippen molar-refractivity contribution in [3.8, 4) is 0 Å². The Labute approximate surface area is 130 Å². The summed E-state index contributed by atoms with van der Waals surface area (Å²) in [5.41, 5.74) is 0.432. The summed E-state index contributed by atoms with van der Waals surface area (Å²) in [6, 6.07) is 1.53. The summed E-state index contributed by atoms with van der Waals surface area (Å²) in [4.78, 5) is 15.2. The molecular formula is C14H21NO6S. The second-order valence-corrected chi connectivity index (χ2v) is 6.41. The van der Waals surface area contributed by atoms with Crippen molar-refractivity contribution in [1.29, 1.82) is 0 Å². The largest absolute Gasteiger partial charge is 0.463 e. The molecule has 1 rings (SSSR count). The highest BCUT2D eigenvalue weighted by molar-refractivity contribution is 7.85. The van der Waals surface area contributed by atoms with Gasteiger partial charge in [0.2, 0.25) is 0 Å². The monoisotopic (exact) mass is 331 g/mol. The molecule has 1 heterocycles. The van der Waals surface area contributed by atoms with Gasteiger partial charge >= 0.3 is 5.97 Å². The first-order valence-electron chi connectivity index (χ1n) is 7.00. The van der Waals surface area contributed by atoms with E-state index in [9.17, 15) is 17.8 Å². The molecule has 2 atom stereocenters. The maximum absolute atomic E-state index is 11.8. The Bertz CT molecular complexity index is 601. The van der Waals surface area contributed by atoms with E-state index < -0.39 is 22.0 Å². The lowest BCUT2D eigenvalue weighted by molar-refractivity contribution is -0.149. The number of hydrogen-bond acceptors (Lipinski definition) is 6. The average molecular weight is 331 g/mol. The van der Waals surface area contributed by atoms with Crippen LogP contribution in [-0.2, 0) is 19.6 Å². The molecule has 0 aliphatic rings. The molecule has 0 saturated carbocycles. The minimum atomic E-state index is -4.37. The Morgan fingerprint density at radius 3 is 2.68 bits per heavy atom. The fourth-order valence-electron chi connectivity index (χ4n) is 2.27. The van der Waals surface area contributed by atoms with Gasteiger partial charge in [-0.25, -0.2) is 0 Å². The van der Waals surface area contributed by atoms with Gasteiger partial charge in [0.25, 0.3) is 10.1 Å². The van der Waals surface area contributed by atoms with Crippen molar-refractivity contribution < 1.29 is 27.6 Å². The average Bonchev–Trinajstić information content (AvgIpc) is 2.49. The normalized spacial score (nSPS) is 14.4. The van der Waals surface area contributed by atoms with E-state index in [4.69, 9.17) is 9.84 Å². The zero-order valence-corrected chi connectivity index (χ0v) is 13.4. The summed E-state index contributed by atoms with van der Waals surface area (Å²) in [5.74, 6) is -1.15. The molecule has 1 aromatic heterocycles. The minimum absolute atomic E-state index is 0.0640. The number of aromatic nitrogens is 1. The minimum Gasteiger partial charge on any atom is -0.463 e. The molecule has 124 valence electrons. The highest BCUT2D eigenvalue weighted by atomic mass is 32.2. The van der Waals surface area contributed by atoms with Crippen molar-refractivity contribution in [3.63, 3.8) is 0 Å². The van der Waals surface area contributed by atoms with Crippen molar-refractivity contribution in [3.05, 3.63) is 24.0 Å². The van der Waals surface area contributed by atoms with Crippen LogP contribution in [0.4, 0.5) is 0 Å². The number of aliphatic hydroxyl groups excluding tert-OH is 1. The third-order valence-corrected chi connectivity index (χ3v) is 4.30. The first-order chi connectivity index (χ1) is 10.3. The van der Waals surface area contributed by atoms with Crippen LogP contribution in [0.15, 0.2) is 23.4 Å². The van der Waals surface area contributed by atoms with Crippen LogP contribution in [0.1, 0.15) is 38.2 Å². The SMILES string of the molecule is CCC(CC(C)C(=O)OCCO)c1ccncc1S(=O)(=O)O. The number of ether oxygens (including phenoxy) is 1. The molecule has 7 nitrogen and oxygen atoms in total. The van der Waals surface area contributed by atoms with Crippen LogP contribution in [0.5, 0.6) is 0 Å². The van der Waals surface area contributed by atoms with Gasteiger partial charge in [-0.05, 0) is 30.4 Å². The Hall–Kier alpha value is -1.51. The molecule has 22 heavy (non-hydrogen) atoms. The van der Waals surface area contributed by atoms with Gasteiger partial charge in [-0.3, -0.25) is 14.3 Å². The molecule has 1 aromatic rings. The summed E-state index contributed by atoms with van der Waals surface area (Å²) < 4.78 is 37.0. The van der Waals surface area contributed by atoms with Crippen molar-refractivity contribution >= 4 is 16.1 Å². The van der Waals surface area contributed by atoms with Crippen molar-refractivity contribution in [2.45, 2.75) is 37.5 Å². The maximum atomic E-state index is 11.8. The summed E-state index contributed by atoms with van der Waals surface area (Å²) in [6.07, 6.45) is 3.50. The molecule has 0 saturated heterocycles. The van der Waals surface area contributed by atoms with E-state index in [0.29, 0.717) is 18.4 Å². The third-order valence-electron chi connectivity index (χ3n) is 3.40. The number of esters is 1. The van der Waals surface area contributed by atoms with Crippen molar-refractivity contribution in [1.82, 2.24) is 4.98 Å². The van der Waals surface area contributed by atoms with Crippen molar-refractivity contribution in [2.24, 2.45) is 5.92 Å². The second-order valence-electron chi connectivity index (χ2n) is 5.02. The van der Waals surface area contributed by atoms with Gasteiger partial charge in [-0.1, -0.05) is 13.8 Å². The predicted molar refractivity (Wildman–Crippen MR) is 78.9 cm³/mol. The lowest BCUT2D eigenvalue weighted by Crippen LogP contribution is -2.20. The zero-order chi connectivity index (χ0) is 16.8. The summed E-state index contributed by atoms with van der Waals surface area (Å²) in [6.45, 7) is 3.24. The van der Waals surface area contributed by atoms with Crippen LogP contribution in [-0.4, -0.2) is 42.2 Å². The highest BCUT2D eigenvalue weighted by Gasteiger charge is 2.25. The number of hydrogen-bond donors (Lipinski definition) is 2. The van der Waals surface area contributed by atoms with Crippen LogP contribution in [0.25, 0.3) is 0 Å². The molecule has 2 N–H and O–H groups in total. The summed E-state index contributed by atoms with van der Waals surface area (Å²) >= 11 is 0. The molecule has 0 spiro atoms. The van der Waals surface area contributed by atoms with Crippen LogP contribution >= 0.6 is 0 Å². The molecule has 0 aliphatic carbocycles. The van der Waals surface area contributed by atoms with E-state index in [1.54, 1.807) is 6.92 Å². The summed E-state index contributed by atoms with van der Waals surface area (Å²) in [7, 11) is -4.37. The molecule has 0 amide bonds. The van der Waals surface area contributed by atoms with Crippen LogP contribution in [0, 0.1) is 5.92 Å². The molecular weight excluding hydrogens is 310 g/mol. The Morgan fingerprint density at radius 1 is 1.45 bits per heavy atom. The molecule has 2 unspecified atom stereocenters. The molecule has 0 radical (unpaired) electrons. The fourth-order valence-corrected chi connectivity index (χ4v) is 3.00. The van der Waals surface area contributed by atoms with E-state index in [-0.39, 0.29) is 24.0 Å². The molecule has 8 heteroatoms. The topological polar surface area (TPSA) is 114 Å². The van der Waals surface area contributed by atoms with E-state index in [0.717, 1.165) is 6.20 Å². The second kappa shape index (κ2) is 8.21. The standard InChI is InChI=1S/C14H21NO6S/c1-3-11(8-10(2)14(17)21-7-6-16)12-4-5-15-9-13(12)22(18,19)20/h4-5,9-11,16H,3,6-8H2,1-2H3,(H,18,19,20). The fraction of sp³-hybridized carbons (Fsp3) is 0.571. The number of nitrogens with zero attached hydrogens (tertiary/aromatic N) is 1. The highest BCUT2D eigenvalue weighted by Crippen LogP contribution is 2.31. The zero-order valence-electron chi connectivity index (χ0n) is 12.6. The van der Waals surface area contributed by atoms with Crippen LogP contribution in [0.2, 0.25) is 0 Å². The maximum Gasteiger partial charge on any atom is 0.308 e. The Morgan fingerprint density at radius 2 is 2.14 bits per heavy atom. The molecule has 0 fully saturated rings. The third kappa shape index (κ3) is 5.04. The molecule has 0 bridgehead atoms. The van der Waals surface area contributed by atoms with E-state index in [2.05, 4.69) is 4.98 Å². The number of rotatable bonds is 8. The van der Waals surface area contributed by atoms with Gasteiger partial charge in [-0.2, -0.15) is 8.42 Å². The van der Waals surface area contributed by atoms with Gasteiger partial charge < -0.3 is 9.84 Å². The Kier molecular flexibility index (Phi) is 6.92.